The molecule has 1 heterocycles. The van der Waals surface area contributed by atoms with Gasteiger partial charge in [0.25, 0.3) is 0 Å². The number of nitrogens with one attached hydrogen (secondary N) is 1. The number of hydrogen-bond acceptors (Lipinski definition) is 5. The van der Waals surface area contributed by atoms with Gasteiger partial charge in [-0.25, -0.2) is 4.98 Å². The molecule has 0 aliphatic heterocycles. The van der Waals surface area contributed by atoms with E-state index in [-0.39, 0.29) is 24.2 Å². The van der Waals surface area contributed by atoms with Crippen LogP contribution in [0.5, 0.6) is 5.75 Å². The van der Waals surface area contributed by atoms with Crippen LogP contribution in [0.25, 0.3) is 11.3 Å². The number of amides is 1. The van der Waals surface area contributed by atoms with E-state index in [2.05, 4.69) is 10.3 Å². The standard InChI is InChI=1S/C15H19N3O2S.ClH/c1-9(8-16)14(19)18-15-17-13(10(2)21-15)11-4-6-12(20-3)7-5-11;/h4-7,9H,8,16H2,1-3H3,(H,17,18,19);1H. The van der Waals surface area contributed by atoms with Gasteiger partial charge in [-0.05, 0) is 31.2 Å². The Morgan fingerprint density at radius 3 is 2.59 bits per heavy atom. The average molecular weight is 342 g/mol. The van der Waals surface area contributed by atoms with Gasteiger partial charge < -0.3 is 15.8 Å². The molecular formula is C15H20ClN3O2S. The van der Waals surface area contributed by atoms with E-state index in [0.29, 0.717) is 11.7 Å². The van der Waals surface area contributed by atoms with Gasteiger partial charge in [-0.15, -0.1) is 23.7 Å². The van der Waals surface area contributed by atoms with Gasteiger partial charge in [0.2, 0.25) is 5.91 Å². The number of thiazole rings is 1. The summed E-state index contributed by atoms with van der Waals surface area (Å²) in [5.41, 5.74) is 7.36. The Kier molecular flexibility index (Phi) is 6.80. The van der Waals surface area contributed by atoms with Crippen molar-refractivity contribution in [2.24, 2.45) is 11.7 Å². The van der Waals surface area contributed by atoms with Crippen LogP contribution in [0, 0.1) is 12.8 Å². The number of anilines is 1. The second kappa shape index (κ2) is 8.12. The summed E-state index contributed by atoms with van der Waals surface area (Å²) in [6.07, 6.45) is 0. The van der Waals surface area contributed by atoms with Gasteiger partial charge in [0.15, 0.2) is 5.13 Å². The molecule has 2 rings (SSSR count). The molecule has 1 amide bonds. The SMILES string of the molecule is COc1ccc(-c2nc(NC(=O)C(C)CN)sc2C)cc1.Cl. The number of ether oxygens (including phenoxy) is 1. The molecule has 1 atom stereocenters. The molecule has 0 aliphatic carbocycles. The largest absolute Gasteiger partial charge is 0.497 e. The van der Waals surface area contributed by atoms with E-state index in [1.807, 2.05) is 31.2 Å². The van der Waals surface area contributed by atoms with E-state index in [9.17, 15) is 4.79 Å². The van der Waals surface area contributed by atoms with Crippen molar-refractivity contribution in [3.8, 4) is 17.0 Å². The predicted molar refractivity (Wildman–Crippen MR) is 92.9 cm³/mol. The first kappa shape index (κ1) is 18.4. The summed E-state index contributed by atoms with van der Waals surface area (Å²) >= 11 is 1.46. The number of aromatic nitrogens is 1. The van der Waals surface area contributed by atoms with E-state index in [4.69, 9.17) is 10.5 Å². The van der Waals surface area contributed by atoms with Crippen molar-refractivity contribution in [2.75, 3.05) is 19.0 Å². The third-order valence-electron chi connectivity index (χ3n) is 3.19. The fraction of sp³-hybridized carbons (Fsp3) is 0.333. The maximum Gasteiger partial charge on any atom is 0.230 e. The molecule has 0 aliphatic rings. The monoisotopic (exact) mass is 341 g/mol. The van der Waals surface area contributed by atoms with Crippen molar-refractivity contribution in [1.82, 2.24) is 4.98 Å². The number of nitrogens with two attached hydrogens (primary N) is 1. The third-order valence-corrected chi connectivity index (χ3v) is 4.08. The smallest absolute Gasteiger partial charge is 0.230 e. The van der Waals surface area contributed by atoms with Gasteiger partial charge in [0.05, 0.1) is 12.8 Å². The zero-order valence-electron chi connectivity index (χ0n) is 12.8. The predicted octanol–water partition coefficient (Wildman–Crippen LogP) is 3.08. The minimum Gasteiger partial charge on any atom is -0.497 e. The minimum absolute atomic E-state index is 0. The number of carbonyl (C=O) groups excluding carboxylic acids is 1. The van der Waals surface area contributed by atoms with Crippen LogP contribution in [0.1, 0.15) is 11.8 Å². The van der Waals surface area contributed by atoms with Crippen LogP contribution in [0.2, 0.25) is 0 Å². The lowest BCUT2D eigenvalue weighted by atomic mass is 10.1. The number of halogens is 1. The quantitative estimate of drug-likeness (QED) is 0.876. The van der Waals surface area contributed by atoms with Crippen molar-refractivity contribution < 1.29 is 9.53 Å². The van der Waals surface area contributed by atoms with Gasteiger partial charge in [-0.2, -0.15) is 0 Å². The third kappa shape index (κ3) is 4.19. The Bertz CT molecular complexity index is 628. The lowest BCUT2D eigenvalue weighted by Crippen LogP contribution is -2.26. The van der Waals surface area contributed by atoms with Crippen LogP contribution in [0.3, 0.4) is 0 Å². The van der Waals surface area contributed by atoms with Crippen LogP contribution in [0.15, 0.2) is 24.3 Å². The Morgan fingerprint density at radius 1 is 1.41 bits per heavy atom. The summed E-state index contributed by atoms with van der Waals surface area (Å²) in [5.74, 6) is 0.475. The molecule has 0 radical (unpaired) electrons. The van der Waals surface area contributed by atoms with E-state index in [1.165, 1.54) is 11.3 Å². The van der Waals surface area contributed by atoms with E-state index in [0.717, 1.165) is 21.9 Å². The van der Waals surface area contributed by atoms with Crippen LogP contribution in [-0.4, -0.2) is 24.5 Å². The molecule has 0 fully saturated rings. The van der Waals surface area contributed by atoms with Gasteiger partial charge in [0, 0.05) is 22.9 Å². The highest BCUT2D eigenvalue weighted by Crippen LogP contribution is 2.31. The molecule has 0 bridgehead atoms. The molecule has 0 saturated heterocycles. The molecule has 120 valence electrons. The van der Waals surface area contributed by atoms with Gasteiger partial charge in [-0.3, -0.25) is 4.79 Å². The summed E-state index contributed by atoms with van der Waals surface area (Å²) in [6.45, 7) is 4.10. The van der Waals surface area contributed by atoms with Crippen LogP contribution in [-0.2, 0) is 4.79 Å². The zero-order valence-corrected chi connectivity index (χ0v) is 14.4. The summed E-state index contributed by atoms with van der Waals surface area (Å²) in [4.78, 5) is 17.4. The van der Waals surface area contributed by atoms with Crippen molar-refractivity contribution in [3.05, 3.63) is 29.1 Å². The Labute approximate surface area is 140 Å². The minimum atomic E-state index is -0.223. The lowest BCUT2D eigenvalue weighted by Gasteiger charge is -2.06. The number of aryl methyl sites for hydroxylation is 1. The van der Waals surface area contributed by atoms with Gasteiger partial charge in [0.1, 0.15) is 5.75 Å². The fourth-order valence-corrected chi connectivity index (χ4v) is 2.64. The highest BCUT2D eigenvalue weighted by molar-refractivity contribution is 7.16. The Balaban J connectivity index is 0.00000242. The number of carbonyl (C=O) groups is 1. The zero-order chi connectivity index (χ0) is 15.4. The fourth-order valence-electron chi connectivity index (χ4n) is 1.80. The molecule has 2 aromatic rings. The maximum absolute atomic E-state index is 11.8. The number of nitrogens with zero attached hydrogens (tertiary/aromatic N) is 1. The Hall–Kier alpha value is -1.63. The highest BCUT2D eigenvalue weighted by atomic mass is 35.5. The first-order chi connectivity index (χ1) is 10.0. The molecule has 3 N–H and O–H groups in total. The van der Waals surface area contributed by atoms with E-state index < -0.39 is 0 Å². The van der Waals surface area contributed by atoms with Crippen molar-refractivity contribution in [2.45, 2.75) is 13.8 Å². The van der Waals surface area contributed by atoms with Crippen LogP contribution in [0.4, 0.5) is 5.13 Å². The molecular weight excluding hydrogens is 322 g/mol. The van der Waals surface area contributed by atoms with Crippen molar-refractivity contribution in [1.29, 1.82) is 0 Å². The summed E-state index contributed by atoms with van der Waals surface area (Å²) in [6, 6.07) is 7.69. The van der Waals surface area contributed by atoms with E-state index in [1.54, 1.807) is 14.0 Å². The first-order valence-corrected chi connectivity index (χ1v) is 7.49. The second-order valence-corrected chi connectivity index (χ2v) is 5.98. The average Bonchev–Trinajstić information content (AvgIpc) is 2.86. The number of benzene rings is 1. The summed E-state index contributed by atoms with van der Waals surface area (Å²) in [7, 11) is 1.63. The normalized spacial score (nSPS) is 11.5. The molecule has 0 spiro atoms. The molecule has 7 heteroatoms. The lowest BCUT2D eigenvalue weighted by molar-refractivity contribution is -0.119. The van der Waals surface area contributed by atoms with Crippen LogP contribution >= 0.6 is 23.7 Å². The maximum atomic E-state index is 11.8. The molecule has 22 heavy (non-hydrogen) atoms. The molecule has 5 nitrogen and oxygen atoms in total. The number of hydrogen-bond donors (Lipinski definition) is 2. The van der Waals surface area contributed by atoms with Crippen molar-refractivity contribution >= 4 is 34.8 Å². The number of rotatable bonds is 5. The van der Waals surface area contributed by atoms with Crippen LogP contribution < -0.4 is 15.8 Å². The molecule has 1 aromatic carbocycles. The topological polar surface area (TPSA) is 77.2 Å². The van der Waals surface area contributed by atoms with E-state index >= 15 is 0 Å². The molecule has 1 unspecified atom stereocenters. The van der Waals surface area contributed by atoms with Gasteiger partial charge >= 0.3 is 0 Å². The summed E-state index contributed by atoms with van der Waals surface area (Å²) < 4.78 is 5.15. The summed E-state index contributed by atoms with van der Waals surface area (Å²) in [5, 5.41) is 3.41. The molecule has 0 saturated carbocycles. The first-order valence-electron chi connectivity index (χ1n) is 6.68. The highest BCUT2D eigenvalue weighted by Gasteiger charge is 2.15. The van der Waals surface area contributed by atoms with Crippen molar-refractivity contribution in [3.63, 3.8) is 0 Å². The van der Waals surface area contributed by atoms with Gasteiger partial charge in [-0.1, -0.05) is 6.92 Å². The number of methoxy groups -OCH3 is 1. The second-order valence-electron chi connectivity index (χ2n) is 4.78. The molecule has 1 aromatic heterocycles. The Morgan fingerprint density at radius 2 is 2.05 bits per heavy atom.